The minimum absolute atomic E-state index is 0.0774. The minimum atomic E-state index is -0.473. The van der Waals surface area contributed by atoms with Crippen molar-refractivity contribution in [2.24, 2.45) is 0 Å². The van der Waals surface area contributed by atoms with Gasteiger partial charge in [-0.2, -0.15) is 0 Å². The zero-order chi connectivity index (χ0) is 14.5. The van der Waals surface area contributed by atoms with Crippen molar-refractivity contribution in [2.75, 3.05) is 14.1 Å². The first-order chi connectivity index (χ1) is 9.59. The Morgan fingerprint density at radius 3 is 2.20 bits per heavy atom. The molecule has 0 saturated heterocycles. The van der Waals surface area contributed by atoms with Gasteiger partial charge in [-0.3, -0.25) is 0 Å². The molecule has 2 nitrogen and oxygen atoms in total. The lowest BCUT2D eigenvalue weighted by molar-refractivity contribution is 0.151. The molecule has 1 N–H and O–H groups in total. The molecule has 0 heterocycles. The molecular formula is C18H23NO. The van der Waals surface area contributed by atoms with E-state index in [1.165, 1.54) is 11.1 Å². The van der Waals surface area contributed by atoms with E-state index in [0.29, 0.717) is 0 Å². The Morgan fingerprint density at radius 2 is 1.55 bits per heavy atom. The lowest BCUT2D eigenvalue weighted by Gasteiger charge is -2.23. The van der Waals surface area contributed by atoms with Gasteiger partial charge in [0.1, 0.15) is 0 Å². The van der Waals surface area contributed by atoms with Gasteiger partial charge < -0.3 is 10.0 Å². The maximum Gasteiger partial charge on any atom is 0.0855 e. The monoisotopic (exact) mass is 269 g/mol. The Bertz CT molecular complexity index is 536. The van der Waals surface area contributed by atoms with Crippen LogP contribution >= 0.6 is 0 Å². The van der Waals surface area contributed by atoms with Gasteiger partial charge in [0, 0.05) is 12.5 Å². The van der Waals surface area contributed by atoms with Crippen molar-refractivity contribution in [1.82, 2.24) is 4.90 Å². The molecule has 2 aromatic rings. The number of aliphatic hydroxyl groups excluding tert-OH is 1. The van der Waals surface area contributed by atoms with Crippen LogP contribution in [0.5, 0.6) is 0 Å². The Kier molecular flexibility index (Phi) is 4.94. The predicted molar refractivity (Wildman–Crippen MR) is 83.6 cm³/mol. The molecule has 0 fully saturated rings. The van der Waals surface area contributed by atoms with Crippen LogP contribution in [0.4, 0.5) is 0 Å². The molecule has 0 saturated carbocycles. The van der Waals surface area contributed by atoms with Crippen LogP contribution in [0.25, 0.3) is 0 Å². The van der Waals surface area contributed by atoms with Crippen molar-refractivity contribution < 1.29 is 5.11 Å². The maximum atomic E-state index is 10.6. The summed E-state index contributed by atoms with van der Waals surface area (Å²) in [6.45, 7) is 2.98. The van der Waals surface area contributed by atoms with Crippen molar-refractivity contribution in [3.05, 3.63) is 71.3 Å². The van der Waals surface area contributed by atoms with E-state index in [4.69, 9.17) is 0 Å². The molecular weight excluding hydrogens is 246 g/mol. The predicted octanol–water partition coefficient (Wildman–Crippen LogP) is 3.59. The van der Waals surface area contributed by atoms with Gasteiger partial charge in [-0.25, -0.2) is 0 Å². The highest BCUT2D eigenvalue weighted by Crippen LogP contribution is 2.32. The molecule has 0 amide bonds. The SMILES string of the molecule is CC(c1ccccc1CN(C)C)C(O)c1ccccc1. The summed E-state index contributed by atoms with van der Waals surface area (Å²) < 4.78 is 0. The van der Waals surface area contributed by atoms with Gasteiger partial charge in [0.05, 0.1) is 6.10 Å². The fourth-order valence-electron chi connectivity index (χ4n) is 2.57. The van der Waals surface area contributed by atoms with Crippen LogP contribution in [-0.2, 0) is 6.54 Å². The Balaban J connectivity index is 2.27. The van der Waals surface area contributed by atoms with Crippen LogP contribution in [0.1, 0.15) is 35.6 Å². The molecule has 0 aromatic heterocycles. The average Bonchev–Trinajstić information content (AvgIpc) is 2.46. The fourth-order valence-corrected chi connectivity index (χ4v) is 2.57. The van der Waals surface area contributed by atoms with E-state index in [0.717, 1.165) is 12.1 Å². The normalized spacial score (nSPS) is 14.2. The van der Waals surface area contributed by atoms with Crippen molar-refractivity contribution >= 4 is 0 Å². The van der Waals surface area contributed by atoms with Gasteiger partial charge in [0.15, 0.2) is 0 Å². The van der Waals surface area contributed by atoms with Gasteiger partial charge in [0.25, 0.3) is 0 Å². The topological polar surface area (TPSA) is 23.5 Å². The summed E-state index contributed by atoms with van der Waals surface area (Å²) in [5.41, 5.74) is 3.47. The summed E-state index contributed by atoms with van der Waals surface area (Å²) in [5.74, 6) is 0.0774. The van der Waals surface area contributed by atoms with Gasteiger partial charge in [-0.1, -0.05) is 61.5 Å². The average molecular weight is 269 g/mol. The van der Waals surface area contributed by atoms with E-state index in [1.807, 2.05) is 36.4 Å². The first kappa shape index (κ1) is 14.8. The van der Waals surface area contributed by atoms with E-state index in [-0.39, 0.29) is 5.92 Å². The summed E-state index contributed by atoms with van der Waals surface area (Å²) in [5, 5.41) is 10.6. The third-order valence-electron chi connectivity index (χ3n) is 3.65. The van der Waals surface area contributed by atoms with Crippen molar-refractivity contribution in [1.29, 1.82) is 0 Å². The van der Waals surface area contributed by atoms with Crippen molar-refractivity contribution in [2.45, 2.75) is 25.5 Å². The molecule has 106 valence electrons. The standard InChI is InChI=1S/C18H23NO/c1-14(18(20)15-9-5-4-6-10-15)17-12-8-7-11-16(17)13-19(2)3/h4-12,14,18,20H,13H2,1-3H3. The van der Waals surface area contributed by atoms with Crippen LogP contribution in [0, 0.1) is 0 Å². The Morgan fingerprint density at radius 1 is 0.950 bits per heavy atom. The number of hydrogen-bond donors (Lipinski definition) is 1. The van der Waals surface area contributed by atoms with Crippen molar-refractivity contribution in [3.63, 3.8) is 0 Å². The lowest BCUT2D eigenvalue weighted by Crippen LogP contribution is -2.15. The Hall–Kier alpha value is -1.64. The minimum Gasteiger partial charge on any atom is -0.388 e. The summed E-state index contributed by atoms with van der Waals surface area (Å²) in [6, 6.07) is 18.2. The van der Waals surface area contributed by atoms with Crippen LogP contribution in [-0.4, -0.2) is 24.1 Å². The molecule has 2 rings (SSSR count). The molecule has 2 atom stereocenters. The van der Waals surface area contributed by atoms with Gasteiger partial charge in [0.2, 0.25) is 0 Å². The summed E-state index contributed by atoms with van der Waals surface area (Å²) in [7, 11) is 4.13. The van der Waals surface area contributed by atoms with Crippen molar-refractivity contribution in [3.8, 4) is 0 Å². The van der Waals surface area contributed by atoms with E-state index in [9.17, 15) is 5.11 Å². The largest absolute Gasteiger partial charge is 0.388 e. The van der Waals surface area contributed by atoms with Gasteiger partial charge >= 0.3 is 0 Å². The molecule has 0 bridgehead atoms. The highest BCUT2D eigenvalue weighted by molar-refractivity contribution is 5.33. The molecule has 2 unspecified atom stereocenters. The molecule has 0 spiro atoms. The molecule has 0 aliphatic heterocycles. The number of benzene rings is 2. The first-order valence-corrected chi connectivity index (χ1v) is 7.05. The van der Waals surface area contributed by atoms with Crippen LogP contribution in [0.3, 0.4) is 0 Å². The highest BCUT2D eigenvalue weighted by atomic mass is 16.3. The molecule has 0 aliphatic carbocycles. The van der Waals surface area contributed by atoms with E-state index < -0.39 is 6.10 Å². The van der Waals surface area contributed by atoms with Crippen LogP contribution in [0.15, 0.2) is 54.6 Å². The second-order valence-corrected chi connectivity index (χ2v) is 5.58. The Labute approximate surface area is 121 Å². The quantitative estimate of drug-likeness (QED) is 0.896. The lowest BCUT2D eigenvalue weighted by atomic mass is 9.88. The third kappa shape index (κ3) is 3.47. The molecule has 0 aliphatic rings. The summed E-state index contributed by atoms with van der Waals surface area (Å²) >= 11 is 0. The van der Waals surface area contributed by atoms with E-state index >= 15 is 0 Å². The number of aliphatic hydroxyl groups is 1. The van der Waals surface area contributed by atoms with Crippen LogP contribution in [0.2, 0.25) is 0 Å². The number of hydrogen-bond acceptors (Lipinski definition) is 2. The first-order valence-electron chi connectivity index (χ1n) is 7.05. The maximum absolute atomic E-state index is 10.6. The number of rotatable bonds is 5. The second kappa shape index (κ2) is 6.69. The highest BCUT2D eigenvalue weighted by Gasteiger charge is 2.20. The van der Waals surface area contributed by atoms with E-state index in [1.54, 1.807) is 0 Å². The van der Waals surface area contributed by atoms with E-state index in [2.05, 4.69) is 44.1 Å². The third-order valence-corrected chi connectivity index (χ3v) is 3.65. The zero-order valence-corrected chi connectivity index (χ0v) is 12.5. The summed E-state index contributed by atoms with van der Waals surface area (Å²) in [6.07, 6.45) is -0.473. The van der Waals surface area contributed by atoms with Gasteiger partial charge in [-0.05, 0) is 30.8 Å². The second-order valence-electron chi connectivity index (χ2n) is 5.58. The summed E-state index contributed by atoms with van der Waals surface area (Å²) in [4.78, 5) is 2.15. The fraction of sp³-hybridized carbons (Fsp3) is 0.333. The van der Waals surface area contributed by atoms with Crippen LogP contribution < -0.4 is 0 Å². The van der Waals surface area contributed by atoms with Gasteiger partial charge in [-0.15, -0.1) is 0 Å². The molecule has 2 heteroatoms. The number of nitrogens with zero attached hydrogens (tertiary/aromatic N) is 1. The zero-order valence-electron chi connectivity index (χ0n) is 12.5. The smallest absolute Gasteiger partial charge is 0.0855 e. The molecule has 2 aromatic carbocycles. The molecule has 20 heavy (non-hydrogen) atoms. The molecule has 0 radical (unpaired) electrons.